The van der Waals surface area contributed by atoms with E-state index in [4.69, 9.17) is 4.74 Å². The van der Waals surface area contributed by atoms with Crippen molar-refractivity contribution in [1.29, 1.82) is 0 Å². The lowest BCUT2D eigenvalue weighted by Crippen LogP contribution is -2.11. The van der Waals surface area contributed by atoms with Crippen molar-refractivity contribution in [3.05, 3.63) is 77.3 Å². The third-order valence-electron chi connectivity index (χ3n) is 5.08. The Bertz CT molecular complexity index is 1430. The maximum absolute atomic E-state index is 14.3. The first-order chi connectivity index (χ1) is 17.1. The van der Waals surface area contributed by atoms with Gasteiger partial charge in [0.15, 0.2) is 11.5 Å². The molecule has 0 aliphatic heterocycles. The predicted molar refractivity (Wildman–Crippen MR) is 123 cm³/mol. The molecule has 8 nitrogen and oxygen atoms in total. The van der Waals surface area contributed by atoms with Gasteiger partial charge in [0.25, 0.3) is 0 Å². The molecule has 0 radical (unpaired) electrons. The predicted octanol–water partition coefficient (Wildman–Crippen LogP) is 5.42. The molecule has 0 aliphatic rings. The molecule has 0 bridgehead atoms. The fraction of sp³-hybridized carbons (Fsp3) is 0.208. The van der Waals surface area contributed by atoms with Gasteiger partial charge in [0.1, 0.15) is 5.82 Å². The number of benzene rings is 1. The molecule has 0 amide bonds. The van der Waals surface area contributed by atoms with E-state index < -0.39 is 23.7 Å². The van der Waals surface area contributed by atoms with E-state index in [1.165, 1.54) is 37.6 Å². The maximum Gasteiger partial charge on any atom is 0.435 e. The summed E-state index contributed by atoms with van der Waals surface area (Å²) in [7, 11) is 0. The second-order valence-corrected chi connectivity index (χ2v) is 7.80. The number of rotatable bonds is 6. The molecule has 0 atom stereocenters. The first kappa shape index (κ1) is 24.8. The zero-order chi connectivity index (χ0) is 26.0. The number of nitrogens with zero attached hydrogens (tertiary/aromatic N) is 5. The Kier molecular flexibility index (Phi) is 6.69. The van der Waals surface area contributed by atoms with Crippen LogP contribution in [0.15, 0.2) is 48.9 Å². The van der Waals surface area contributed by atoms with Gasteiger partial charge in [-0.25, -0.2) is 18.9 Å². The van der Waals surface area contributed by atoms with E-state index in [9.17, 15) is 22.4 Å². The quantitative estimate of drug-likeness (QED) is 0.279. The van der Waals surface area contributed by atoms with E-state index >= 15 is 0 Å². The number of hydrogen-bond acceptors (Lipinski definition) is 7. The van der Waals surface area contributed by atoms with Crippen molar-refractivity contribution in [3.63, 3.8) is 0 Å². The Morgan fingerprint density at radius 2 is 1.89 bits per heavy atom. The van der Waals surface area contributed by atoms with Gasteiger partial charge in [-0.15, -0.1) is 0 Å². The molecule has 4 aromatic rings. The lowest BCUT2D eigenvalue weighted by molar-refractivity contribution is -0.141. The van der Waals surface area contributed by atoms with Gasteiger partial charge in [-0.1, -0.05) is 6.07 Å². The number of hydrogen-bond donors (Lipinski definition) is 1. The van der Waals surface area contributed by atoms with E-state index in [1.54, 1.807) is 26.0 Å². The maximum atomic E-state index is 14.3. The van der Waals surface area contributed by atoms with Gasteiger partial charge in [-0.05, 0) is 50.6 Å². The summed E-state index contributed by atoms with van der Waals surface area (Å²) in [5.41, 5.74) is 0.614. The molecule has 3 aromatic heterocycles. The van der Waals surface area contributed by atoms with Crippen LogP contribution in [-0.4, -0.2) is 37.3 Å². The number of ether oxygens (including phenoxy) is 1. The Morgan fingerprint density at radius 3 is 2.58 bits per heavy atom. The summed E-state index contributed by atoms with van der Waals surface area (Å²) in [4.78, 5) is 24.8. The van der Waals surface area contributed by atoms with Crippen LogP contribution in [-0.2, 0) is 10.9 Å². The molecule has 1 N–H and O–H groups in total. The second-order valence-electron chi connectivity index (χ2n) is 7.80. The molecule has 0 spiro atoms. The fourth-order valence-corrected chi connectivity index (χ4v) is 3.39. The van der Waals surface area contributed by atoms with Gasteiger partial charge in [-0.3, -0.25) is 4.98 Å². The van der Waals surface area contributed by atoms with Crippen LogP contribution in [0, 0.1) is 19.7 Å². The van der Waals surface area contributed by atoms with Gasteiger partial charge in [0, 0.05) is 35.4 Å². The number of carbonyl (C=O) groups is 1. The summed E-state index contributed by atoms with van der Waals surface area (Å²) in [6, 6.07) is 6.74. The van der Waals surface area contributed by atoms with E-state index in [-0.39, 0.29) is 40.9 Å². The number of anilines is 2. The van der Waals surface area contributed by atoms with Crippen molar-refractivity contribution < 1.29 is 27.1 Å². The highest BCUT2D eigenvalue weighted by atomic mass is 19.4. The van der Waals surface area contributed by atoms with E-state index in [0.717, 1.165) is 16.3 Å². The number of esters is 1. The zero-order valence-corrected chi connectivity index (χ0v) is 19.4. The number of nitrogens with one attached hydrogen (secondary N) is 1. The van der Waals surface area contributed by atoms with Gasteiger partial charge in [-0.2, -0.15) is 23.3 Å². The molecule has 3 heterocycles. The molecule has 4 rings (SSSR count). The minimum absolute atomic E-state index is 0.0311. The average Bonchev–Trinajstić information content (AvgIpc) is 3.24. The standard InChI is InChI=1S/C24H20F4N6O2/c1-4-36-22(35)16-9-15(10-29-11-16)17-12-30-23(31-19-7-13(2)5-6-18(19)25)32-21(17)34-14(3)8-20(33-34)24(26,27)28/h5-12H,4H2,1-3H3,(H,30,31,32). The van der Waals surface area contributed by atoms with Crippen LogP contribution < -0.4 is 5.32 Å². The van der Waals surface area contributed by atoms with Crippen molar-refractivity contribution in [2.75, 3.05) is 11.9 Å². The topological polar surface area (TPSA) is 94.8 Å². The van der Waals surface area contributed by atoms with Crippen LogP contribution in [0.5, 0.6) is 0 Å². The van der Waals surface area contributed by atoms with Crippen LogP contribution >= 0.6 is 0 Å². The van der Waals surface area contributed by atoms with Crippen LogP contribution in [0.1, 0.15) is 34.2 Å². The highest BCUT2D eigenvalue weighted by Gasteiger charge is 2.35. The largest absolute Gasteiger partial charge is 0.462 e. The molecule has 36 heavy (non-hydrogen) atoms. The first-order valence-electron chi connectivity index (χ1n) is 10.7. The minimum Gasteiger partial charge on any atom is -0.462 e. The summed E-state index contributed by atoms with van der Waals surface area (Å²) in [6.45, 7) is 5.02. The Hall–Kier alpha value is -4.35. The molecular formula is C24H20F4N6O2. The molecule has 0 saturated carbocycles. The molecule has 0 fully saturated rings. The average molecular weight is 500 g/mol. The van der Waals surface area contributed by atoms with Crippen molar-refractivity contribution in [1.82, 2.24) is 24.7 Å². The lowest BCUT2D eigenvalue weighted by atomic mass is 10.1. The zero-order valence-electron chi connectivity index (χ0n) is 19.4. The molecule has 0 aliphatic carbocycles. The second kappa shape index (κ2) is 9.72. The number of pyridine rings is 1. The molecular weight excluding hydrogens is 480 g/mol. The van der Waals surface area contributed by atoms with Crippen LogP contribution in [0.3, 0.4) is 0 Å². The van der Waals surface area contributed by atoms with Crippen molar-refractivity contribution in [2.24, 2.45) is 0 Å². The molecule has 12 heteroatoms. The third kappa shape index (κ3) is 5.16. The van der Waals surface area contributed by atoms with E-state index in [1.807, 2.05) is 0 Å². The van der Waals surface area contributed by atoms with Crippen LogP contribution in [0.2, 0.25) is 0 Å². The molecule has 1 aromatic carbocycles. The first-order valence-corrected chi connectivity index (χ1v) is 10.7. The Balaban J connectivity index is 1.86. The van der Waals surface area contributed by atoms with E-state index in [2.05, 4.69) is 25.4 Å². The van der Waals surface area contributed by atoms with Crippen LogP contribution in [0.25, 0.3) is 16.9 Å². The smallest absolute Gasteiger partial charge is 0.435 e. The summed E-state index contributed by atoms with van der Waals surface area (Å²) in [6.07, 6.45) is -0.639. The number of alkyl halides is 3. The molecule has 0 unspecified atom stereocenters. The van der Waals surface area contributed by atoms with Crippen molar-refractivity contribution >= 4 is 17.6 Å². The number of halogens is 4. The summed E-state index contributed by atoms with van der Waals surface area (Å²) in [5, 5.41) is 6.45. The normalized spacial score (nSPS) is 11.4. The summed E-state index contributed by atoms with van der Waals surface area (Å²) >= 11 is 0. The Morgan fingerprint density at radius 1 is 1.11 bits per heavy atom. The van der Waals surface area contributed by atoms with Gasteiger partial charge >= 0.3 is 12.1 Å². The molecule has 0 saturated heterocycles. The highest BCUT2D eigenvalue weighted by Crippen LogP contribution is 2.32. The fourth-order valence-electron chi connectivity index (χ4n) is 3.39. The SMILES string of the molecule is CCOC(=O)c1cncc(-c2cnc(Nc3cc(C)ccc3F)nc2-n2nc(C(F)(F)F)cc2C)c1. The third-order valence-corrected chi connectivity index (χ3v) is 5.08. The van der Waals surface area contributed by atoms with Gasteiger partial charge in [0.2, 0.25) is 5.95 Å². The molecule has 186 valence electrons. The number of aryl methyl sites for hydroxylation is 2. The van der Waals surface area contributed by atoms with E-state index in [0.29, 0.717) is 5.56 Å². The van der Waals surface area contributed by atoms with Gasteiger partial charge in [0.05, 0.1) is 17.9 Å². The summed E-state index contributed by atoms with van der Waals surface area (Å²) < 4.78 is 60.4. The lowest BCUT2D eigenvalue weighted by Gasteiger charge is -2.14. The number of aromatic nitrogens is 5. The monoisotopic (exact) mass is 500 g/mol. The summed E-state index contributed by atoms with van der Waals surface area (Å²) in [5.74, 6) is -1.28. The van der Waals surface area contributed by atoms with Gasteiger partial charge < -0.3 is 10.1 Å². The van der Waals surface area contributed by atoms with Crippen molar-refractivity contribution in [3.8, 4) is 16.9 Å². The Labute approximate surface area is 203 Å². The minimum atomic E-state index is -4.68. The van der Waals surface area contributed by atoms with Crippen LogP contribution in [0.4, 0.5) is 29.2 Å². The number of carbonyl (C=O) groups excluding carboxylic acids is 1. The highest BCUT2D eigenvalue weighted by molar-refractivity contribution is 5.91. The van der Waals surface area contributed by atoms with Crippen molar-refractivity contribution in [2.45, 2.75) is 26.9 Å².